The summed E-state index contributed by atoms with van der Waals surface area (Å²) in [6, 6.07) is 1.74. The van der Waals surface area contributed by atoms with E-state index in [-0.39, 0.29) is 24.2 Å². The van der Waals surface area contributed by atoms with Crippen molar-refractivity contribution in [2.75, 3.05) is 0 Å². The number of aryl methyl sites for hydroxylation is 1. The van der Waals surface area contributed by atoms with Crippen molar-refractivity contribution < 1.29 is 29.6 Å². The third-order valence-corrected chi connectivity index (χ3v) is 4.44. The summed E-state index contributed by atoms with van der Waals surface area (Å²) in [4.78, 5) is 24.4. The highest BCUT2D eigenvalue weighted by Crippen LogP contribution is 2.31. The van der Waals surface area contributed by atoms with E-state index in [0.717, 1.165) is 5.56 Å². The van der Waals surface area contributed by atoms with Crippen LogP contribution < -0.4 is 0 Å². The van der Waals surface area contributed by atoms with E-state index in [9.17, 15) is 24.9 Å². The molecular formula is C20H24O6. The van der Waals surface area contributed by atoms with Crippen molar-refractivity contribution in [2.24, 2.45) is 0 Å². The number of aromatic hydroxyl groups is 1. The normalized spacial score (nSPS) is 26.0. The van der Waals surface area contributed by atoms with Crippen LogP contribution in [-0.2, 0) is 9.53 Å². The Kier molecular flexibility index (Phi) is 6.34. The summed E-state index contributed by atoms with van der Waals surface area (Å²) in [6.45, 7) is 5.19. The van der Waals surface area contributed by atoms with Crippen LogP contribution in [-0.4, -0.2) is 45.4 Å². The van der Waals surface area contributed by atoms with Gasteiger partial charge in [0.15, 0.2) is 5.78 Å². The van der Waals surface area contributed by atoms with Crippen LogP contribution in [0.25, 0.3) is 6.08 Å². The second kappa shape index (κ2) is 8.29. The van der Waals surface area contributed by atoms with Gasteiger partial charge in [0.25, 0.3) is 0 Å². The maximum absolute atomic E-state index is 12.6. The minimum atomic E-state index is -1.52. The number of cyclic esters (lactones) is 1. The molecule has 26 heavy (non-hydrogen) atoms. The number of carbonyl (C=O) groups is 2. The number of phenols is 1. The van der Waals surface area contributed by atoms with Crippen molar-refractivity contribution in [2.45, 2.75) is 51.9 Å². The minimum Gasteiger partial charge on any atom is -0.507 e. The van der Waals surface area contributed by atoms with E-state index < -0.39 is 30.1 Å². The van der Waals surface area contributed by atoms with Crippen molar-refractivity contribution in [3.05, 3.63) is 46.5 Å². The highest BCUT2D eigenvalue weighted by molar-refractivity contribution is 5.97. The topological polar surface area (TPSA) is 104 Å². The van der Waals surface area contributed by atoms with Gasteiger partial charge in [-0.3, -0.25) is 4.79 Å². The zero-order chi connectivity index (χ0) is 19.4. The number of carbonyl (C=O) groups excluding carboxylic acids is 2. The summed E-state index contributed by atoms with van der Waals surface area (Å²) in [5, 5.41) is 30.3. The predicted molar refractivity (Wildman–Crippen MR) is 96.9 cm³/mol. The quantitative estimate of drug-likeness (QED) is 0.613. The Bertz CT molecular complexity index is 762. The average Bonchev–Trinajstić information content (AvgIpc) is 2.57. The fourth-order valence-electron chi connectivity index (χ4n) is 2.69. The molecule has 1 aromatic rings. The molecule has 0 radical (unpaired) electrons. The molecule has 140 valence electrons. The van der Waals surface area contributed by atoms with E-state index in [1.54, 1.807) is 32.1 Å². The number of rotatable bonds is 0. The third-order valence-electron chi connectivity index (χ3n) is 4.44. The summed E-state index contributed by atoms with van der Waals surface area (Å²) in [5.74, 6) is -1.40. The molecule has 3 N–H and O–H groups in total. The van der Waals surface area contributed by atoms with Crippen molar-refractivity contribution in [3.63, 3.8) is 0 Å². The van der Waals surface area contributed by atoms with Gasteiger partial charge in [0, 0.05) is 6.42 Å². The lowest BCUT2D eigenvalue weighted by Gasteiger charge is -2.17. The van der Waals surface area contributed by atoms with E-state index in [1.807, 2.05) is 6.92 Å². The number of hydrogen-bond donors (Lipinski definition) is 3. The average molecular weight is 360 g/mol. The Labute approximate surface area is 152 Å². The standard InChI is InChI=1S/C20H24O6/c1-11-10-14-7-5-9-16(22)19(24)15(21)8-4-6-12(2)26-20(25)17(14)18(23)13(11)3/h4-5,7-8,10,12,16,19,22-24H,6,9H2,1-3H3/b7-5?,8-4-/t12-,16-,19+/m0/s1. The fourth-order valence-corrected chi connectivity index (χ4v) is 2.69. The second-order valence-corrected chi connectivity index (χ2v) is 6.54. The Morgan fingerprint density at radius 2 is 1.73 bits per heavy atom. The largest absolute Gasteiger partial charge is 0.507 e. The molecule has 6 heteroatoms. The summed E-state index contributed by atoms with van der Waals surface area (Å²) < 4.78 is 5.37. The monoisotopic (exact) mass is 360 g/mol. The number of aliphatic hydroxyl groups is 2. The molecule has 0 unspecified atom stereocenters. The summed E-state index contributed by atoms with van der Waals surface area (Å²) >= 11 is 0. The van der Waals surface area contributed by atoms with Gasteiger partial charge in [-0.15, -0.1) is 0 Å². The maximum atomic E-state index is 12.6. The number of esters is 1. The number of aliphatic hydroxyl groups excluding tert-OH is 2. The van der Waals surface area contributed by atoms with Gasteiger partial charge >= 0.3 is 5.97 Å². The van der Waals surface area contributed by atoms with Crippen molar-refractivity contribution in [1.82, 2.24) is 0 Å². The molecule has 0 aromatic heterocycles. The van der Waals surface area contributed by atoms with E-state index in [0.29, 0.717) is 11.1 Å². The number of ketones is 1. The van der Waals surface area contributed by atoms with Crippen LogP contribution in [0.3, 0.4) is 0 Å². The van der Waals surface area contributed by atoms with Gasteiger partial charge in [-0.05, 0) is 50.0 Å². The molecule has 2 rings (SSSR count). The Morgan fingerprint density at radius 3 is 2.42 bits per heavy atom. The molecule has 1 aromatic carbocycles. The van der Waals surface area contributed by atoms with Gasteiger partial charge in [-0.1, -0.05) is 24.3 Å². The molecule has 3 atom stereocenters. The van der Waals surface area contributed by atoms with Gasteiger partial charge in [-0.2, -0.15) is 0 Å². The lowest BCUT2D eigenvalue weighted by atomic mass is 9.97. The first-order valence-corrected chi connectivity index (χ1v) is 8.49. The fraction of sp³-hybridized carbons (Fsp3) is 0.400. The van der Waals surface area contributed by atoms with Crippen molar-refractivity contribution in [3.8, 4) is 5.75 Å². The minimum absolute atomic E-state index is 0.0132. The molecule has 6 nitrogen and oxygen atoms in total. The highest BCUT2D eigenvalue weighted by Gasteiger charge is 2.24. The second-order valence-electron chi connectivity index (χ2n) is 6.54. The van der Waals surface area contributed by atoms with E-state index >= 15 is 0 Å². The molecule has 0 spiro atoms. The summed E-state index contributed by atoms with van der Waals surface area (Å²) in [5.41, 5.74) is 1.89. The Balaban J connectivity index is 2.49. The number of ether oxygens (including phenoxy) is 1. The zero-order valence-electron chi connectivity index (χ0n) is 15.1. The molecule has 0 amide bonds. The third kappa shape index (κ3) is 4.39. The number of fused-ring (bicyclic) bond motifs is 1. The molecule has 0 aliphatic carbocycles. The molecule has 0 saturated carbocycles. The van der Waals surface area contributed by atoms with Gasteiger partial charge in [-0.25, -0.2) is 4.79 Å². The lowest BCUT2D eigenvalue weighted by molar-refractivity contribution is -0.127. The van der Waals surface area contributed by atoms with Gasteiger partial charge < -0.3 is 20.1 Å². The SMILES string of the molecule is Cc1cc2c(c(O)c1C)C(=O)O[C@@H](C)C/C=C\C(=O)[C@@H](O)[C@@H](O)CC=C2. The van der Waals surface area contributed by atoms with Crippen LogP contribution >= 0.6 is 0 Å². The van der Waals surface area contributed by atoms with Crippen LogP contribution in [0.2, 0.25) is 0 Å². The van der Waals surface area contributed by atoms with Gasteiger partial charge in [0.05, 0.1) is 6.10 Å². The molecule has 1 heterocycles. The zero-order valence-corrected chi connectivity index (χ0v) is 15.1. The maximum Gasteiger partial charge on any atom is 0.342 e. The first kappa shape index (κ1) is 19.9. The number of phenolic OH excluding ortho intramolecular Hbond substituents is 1. The summed E-state index contributed by atoms with van der Waals surface area (Å²) in [7, 11) is 0. The van der Waals surface area contributed by atoms with Crippen LogP contribution in [0.1, 0.15) is 46.8 Å². The molecule has 0 bridgehead atoms. The van der Waals surface area contributed by atoms with Crippen molar-refractivity contribution in [1.29, 1.82) is 0 Å². The number of benzene rings is 1. The molecule has 0 fully saturated rings. The molecule has 0 saturated heterocycles. The van der Waals surface area contributed by atoms with Crippen LogP contribution in [0.15, 0.2) is 24.3 Å². The molecular weight excluding hydrogens is 336 g/mol. The first-order chi connectivity index (χ1) is 12.2. The smallest absolute Gasteiger partial charge is 0.342 e. The first-order valence-electron chi connectivity index (χ1n) is 8.49. The van der Waals surface area contributed by atoms with Crippen LogP contribution in [0.4, 0.5) is 0 Å². The van der Waals surface area contributed by atoms with Gasteiger partial charge in [0.2, 0.25) is 0 Å². The number of hydrogen-bond acceptors (Lipinski definition) is 6. The van der Waals surface area contributed by atoms with E-state index in [4.69, 9.17) is 4.74 Å². The lowest BCUT2D eigenvalue weighted by Crippen LogP contribution is -2.32. The molecule has 1 aliphatic heterocycles. The van der Waals surface area contributed by atoms with Crippen LogP contribution in [0.5, 0.6) is 5.75 Å². The van der Waals surface area contributed by atoms with E-state index in [1.165, 1.54) is 12.2 Å². The predicted octanol–water partition coefficient (Wildman–Crippen LogP) is 2.21. The van der Waals surface area contributed by atoms with E-state index in [2.05, 4.69) is 0 Å². The Morgan fingerprint density at radius 1 is 1.08 bits per heavy atom. The molecule has 1 aliphatic rings. The van der Waals surface area contributed by atoms with Gasteiger partial charge in [0.1, 0.15) is 23.5 Å². The van der Waals surface area contributed by atoms with Crippen molar-refractivity contribution >= 4 is 17.8 Å². The summed E-state index contributed by atoms with van der Waals surface area (Å²) in [6.07, 6.45) is 2.72. The Hall–Kier alpha value is -2.44. The van der Waals surface area contributed by atoms with Crippen LogP contribution in [0, 0.1) is 13.8 Å². The highest BCUT2D eigenvalue weighted by atomic mass is 16.5.